The molecule has 1 aromatic rings. The molecule has 0 atom stereocenters. The van der Waals surface area contributed by atoms with Gasteiger partial charge in [0.15, 0.2) is 5.96 Å². The Balaban J connectivity index is 0.00000338. The molecule has 2 rings (SSSR count). The van der Waals surface area contributed by atoms with E-state index in [9.17, 15) is 5.11 Å². The van der Waals surface area contributed by atoms with E-state index in [2.05, 4.69) is 33.4 Å². The van der Waals surface area contributed by atoms with Crippen LogP contribution in [-0.2, 0) is 17.8 Å². The van der Waals surface area contributed by atoms with E-state index in [0.29, 0.717) is 12.5 Å². The number of benzene rings is 1. The summed E-state index contributed by atoms with van der Waals surface area (Å²) in [5, 5.41) is 12.8. The minimum Gasteiger partial charge on any atom is -0.393 e. The number of nitrogens with one attached hydrogen (secondary N) is 1. The van der Waals surface area contributed by atoms with Gasteiger partial charge in [0.2, 0.25) is 0 Å². The van der Waals surface area contributed by atoms with Crippen molar-refractivity contribution in [2.75, 3.05) is 32.8 Å². The second-order valence-electron chi connectivity index (χ2n) is 6.45. The second kappa shape index (κ2) is 13.3. The molecule has 4 N–H and O–H groups in total. The van der Waals surface area contributed by atoms with E-state index < -0.39 is 0 Å². The van der Waals surface area contributed by atoms with Crippen molar-refractivity contribution in [1.82, 2.24) is 10.2 Å². The molecule has 26 heavy (non-hydrogen) atoms. The smallest absolute Gasteiger partial charge is 0.188 e. The van der Waals surface area contributed by atoms with Crippen LogP contribution in [0.15, 0.2) is 29.3 Å². The topological polar surface area (TPSA) is 83.1 Å². The Morgan fingerprint density at radius 2 is 2.00 bits per heavy atom. The highest BCUT2D eigenvalue weighted by Crippen LogP contribution is 2.17. The third-order valence-corrected chi connectivity index (χ3v) is 4.46. The number of nitrogens with zero attached hydrogens (tertiary/aromatic N) is 2. The van der Waals surface area contributed by atoms with Crippen molar-refractivity contribution in [3.05, 3.63) is 35.4 Å². The molecule has 1 aliphatic heterocycles. The van der Waals surface area contributed by atoms with Crippen LogP contribution in [0.3, 0.4) is 0 Å². The number of aliphatic hydroxyl groups is 1. The number of guanidine groups is 1. The lowest BCUT2D eigenvalue weighted by Gasteiger charge is -2.30. The predicted molar refractivity (Wildman–Crippen MR) is 117 cm³/mol. The maximum atomic E-state index is 9.64. The van der Waals surface area contributed by atoms with Crippen LogP contribution in [0, 0.1) is 0 Å². The highest BCUT2D eigenvalue weighted by atomic mass is 127. The molecule has 0 aliphatic carbocycles. The monoisotopic (exact) mass is 476 g/mol. The maximum Gasteiger partial charge on any atom is 0.188 e. The van der Waals surface area contributed by atoms with Crippen molar-refractivity contribution < 1.29 is 9.84 Å². The van der Waals surface area contributed by atoms with Crippen LogP contribution in [0.2, 0.25) is 0 Å². The van der Waals surface area contributed by atoms with E-state index in [1.807, 2.05) is 13.0 Å². The Bertz CT molecular complexity index is 534. The van der Waals surface area contributed by atoms with Crippen LogP contribution in [-0.4, -0.2) is 54.9 Å². The Morgan fingerprint density at radius 3 is 2.69 bits per heavy atom. The molecular weight excluding hydrogens is 443 g/mol. The minimum atomic E-state index is -0.135. The molecule has 1 aromatic carbocycles. The molecule has 148 valence electrons. The van der Waals surface area contributed by atoms with Crippen LogP contribution in [0.25, 0.3) is 0 Å². The second-order valence-corrected chi connectivity index (χ2v) is 6.45. The van der Waals surface area contributed by atoms with Crippen molar-refractivity contribution in [2.24, 2.45) is 10.7 Å². The summed E-state index contributed by atoms with van der Waals surface area (Å²) in [6.07, 6.45) is 2.50. The molecule has 0 bridgehead atoms. The van der Waals surface area contributed by atoms with E-state index >= 15 is 0 Å². The Labute approximate surface area is 174 Å². The lowest BCUT2D eigenvalue weighted by molar-refractivity contribution is 0.0791. The summed E-state index contributed by atoms with van der Waals surface area (Å²) in [5.41, 5.74) is 8.43. The molecule has 6 nitrogen and oxygen atoms in total. The summed E-state index contributed by atoms with van der Waals surface area (Å²) in [6.45, 7) is 7.63. The van der Waals surface area contributed by atoms with Crippen molar-refractivity contribution in [2.45, 2.75) is 45.4 Å². The van der Waals surface area contributed by atoms with Crippen LogP contribution < -0.4 is 11.1 Å². The van der Waals surface area contributed by atoms with E-state index in [4.69, 9.17) is 10.5 Å². The zero-order valence-corrected chi connectivity index (χ0v) is 18.0. The van der Waals surface area contributed by atoms with Gasteiger partial charge in [-0.1, -0.05) is 24.3 Å². The molecule has 0 spiro atoms. The normalized spacial score (nSPS) is 16.3. The van der Waals surface area contributed by atoms with Crippen LogP contribution in [0.5, 0.6) is 0 Å². The van der Waals surface area contributed by atoms with Gasteiger partial charge in [0, 0.05) is 39.4 Å². The first-order chi connectivity index (χ1) is 12.2. The van der Waals surface area contributed by atoms with Crippen LogP contribution >= 0.6 is 24.0 Å². The summed E-state index contributed by atoms with van der Waals surface area (Å²) < 4.78 is 5.30. The fraction of sp³-hybridized carbons (Fsp3) is 0.632. The fourth-order valence-electron chi connectivity index (χ4n) is 2.95. The molecule has 1 aliphatic rings. The molecule has 0 amide bonds. The van der Waals surface area contributed by atoms with Gasteiger partial charge in [-0.2, -0.15) is 0 Å². The minimum absolute atomic E-state index is 0. The maximum absolute atomic E-state index is 9.64. The van der Waals surface area contributed by atoms with Gasteiger partial charge >= 0.3 is 0 Å². The third-order valence-electron chi connectivity index (χ3n) is 4.46. The molecule has 7 heteroatoms. The first-order valence-electron chi connectivity index (χ1n) is 9.27. The first kappa shape index (κ1) is 23.1. The van der Waals surface area contributed by atoms with Gasteiger partial charge in [-0.05, 0) is 37.3 Å². The van der Waals surface area contributed by atoms with Crippen LogP contribution in [0.1, 0.15) is 37.3 Å². The number of hydrogen-bond acceptors (Lipinski definition) is 4. The predicted octanol–water partition coefficient (Wildman–Crippen LogP) is 2.09. The van der Waals surface area contributed by atoms with Gasteiger partial charge in [0.1, 0.15) is 0 Å². The lowest BCUT2D eigenvalue weighted by atomic mass is 10.0. The zero-order chi connectivity index (χ0) is 17.9. The van der Waals surface area contributed by atoms with Crippen LogP contribution in [0.4, 0.5) is 0 Å². The summed E-state index contributed by atoms with van der Waals surface area (Å²) in [6, 6.07) is 8.37. The van der Waals surface area contributed by atoms with Crippen molar-refractivity contribution >= 4 is 29.9 Å². The van der Waals surface area contributed by atoms with E-state index in [1.165, 1.54) is 11.1 Å². The number of nitrogens with two attached hydrogens (primary N) is 1. The van der Waals surface area contributed by atoms with E-state index in [1.54, 1.807) is 0 Å². The molecule has 0 unspecified atom stereocenters. The average Bonchev–Trinajstić information content (AvgIpc) is 2.63. The number of aliphatic imine (C=N–C) groups is 1. The van der Waals surface area contributed by atoms with Crippen molar-refractivity contribution in [1.29, 1.82) is 0 Å². The summed E-state index contributed by atoms with van der Waals surface area (Å²) in [5.74, 6) is 0.479. The van der Waals surface area contributed by atoms with Gasteiger partial charge in [0.05, 0.1) is 12.6 Å². The molecule has 1 fully saturated rings. The van der Waals surface area contributed by atoms with Gasteiger partial charge in [-0.15, -0.1) is 24.0 Å². The van der Waals surface area contributed by atoms with Crippen molar-refractivity contribution in [3.8, 4) is 0 Å². The molecule has 1 saturated heterocycles. The summed E-state index contributed by atoms with van der Waals surface area (Å²) >= 11 is 0. The molecule has 0 aromatic heterocycles. The SMILES string of the molecule is CCOCCCNC(N)=NCc1ccccc1CN1CCC(O)CC1.I. The molecular formula is C19H33IN4O2. The number of piperidine rings is 1. The van der Waals surface area contributed by atoms with Gasteiger partial charge in [0.25, 0.3) is 0 Å². The summed E-state index contributed by atoms with van der Waals surface area (Å²) in [4.78, 5) is 6.86. The van der Waals surface area contributed by atoms with Gasteiger partial charge in [-0.3, -0.25) is 4.90 Å². The van der Waals surface area contributed by atoms with E-state index in [0.717, 1.165) is 58.7 Å². The fourth-order valence-corrected chi connectivity index (χ4v) is 2.95. The lowest BCUT2D eigenvalue weighted by Crippen LogP contribution is -2.35. The number of likely N-dealkylation sites (tertiary alicyclic amines) is 1. The zero-order valence-electron chi connectivity index (χ0n) is 15.7. The Hall–Kier alpha value is -0.900. The van der Waals surface area contributed by atoms with Gasteiger partial charge in [-0.25, -0.2) is 4.99 Å². The summed E-state index contributed by atoms with van der Waals surface area (Å²) in [7, 11) is 0. The highest BCUT2D eigenvalue weighted by molar-refractivity contribution is 14.0. The molecule has 0 radical (unpaired) electrons. The third kappa shape index (κ3) is 8.66. The number of hydrogen-bond donors (Lipinski definition) is 3. The standard InChI is InChI=1S/C19H32N4O2.HI/c1-2-25-13-5-10-21-19(20)22-14-16-6-3-4-7-17(16)15-23-11-8-18(24)9-12-23;/h3-4,6-7,18,24H,2,5,8-15H2,1H3,(H3,20,21,22);1H. The highest BCUT2D eigenvalue weighted by Gasteiger charge is 2.17. The number of rotatable bonds is 9. The molecule has 1 heterocycles. The number of halogens is 1. The average molecular weight is 476 g/mol. The number of ether oxygens (including phenoxy) is 1. The van der Waals surface area contributed by atoms with E-state index in [-0.39, 0.29) is 30.1 Å². The first-order valence-corrected chi connectivity index (χ1v) is 9.27. The van der Waals surface area contributed by atoms with Crippen molar-refractivity contribution in [3.63, 3.8) is 0 Å². The molecule has 0 saturated carbocycles. The largest absolute Gasteiger partial charge is 0.393 e. The number of aliphatic hydroxyl groups excluding tert-OH is 1. The Morgan fingerprint density at radius 1 is 1.31 bits per heavy atom. The Kier molecular flexibility index (Phi) is 11.8. The van der Waals surface area contributed by atoms with Gasteiger partial charge < -0.3 is 20.9 Å². The quantitative estimate of drug-likeness (QED) is 0.220.